The molecule has 0 radical (unpaired) electrons. The van der Waals surface area contributed by atoms with Gasteiger partial charge in [0, 0.05) is 32.0 Å². The van der Waals surface area contributed by atoms with Gasteiger partial charge in [0.15, 0.2) is 0 Å². The summed E-state index contributed by atoms with van der Waals surface area (Å²) in [6.07, 6.45) is 4.01. The second-order valence-electron chi connectivity index (χ2n) is 8.26. The average molecular weight is 392 g/mol. The summed E-state index contributed by atoms with van der Waals surface area (Å²) in [4.78, 5) is 14.9. The van der Waals surface area contributed by atoms with E-state index in [9.17, 15) is 9.90 Å². The Morgan fingerprint density at radius 2 is 1.66 bits per heavy atom. The molecule has 0 bridgehead atoms. The van der Waals surface area contributed by atoms with Crippen LogP contribution >= 0.6 is 0 Å². The van der Waals surface area contributed by atoms with Crippen molar-refractivity contribution in [1.29, 1.82) is 0 Å². The quantitative estimate of drug-likeness (QED) is 0.703. The highest BCUT2D eigenvalue weighted by Gasteiger charge is 2.19. The molecule has 1 aromatic heterocycles. The van der Waals surface area contributed by atoms with Gasteiger partial charge in [-0.3, -0.25) is 14.0 Å². The van der Waals surface area contributed by atoms with E-state index in [0.717, 1.165) is 25.1 Å². The zero-order valence-electron chi connectivity index (χ0n) is 17.2. The van der Waals surface area contributed by atoms with Crippen LogP contribution in [0, 0.1) is 13.8 Å². The molecule has 2 heterocycles. The summed E-state index contributed by atoms with van der Waals surface area (Å²) in [6.45, 7) is 7.40. The number of fused-ring (bicyclic) bond motifs is 1. The second-order valence-corrected chi connectivity index (χ2v) is 8.26. The summed E-state index contributed by atoms with van der Waals surface area (Å²) < 4.78 is 3.30. The van der Waals surface area contributed by atoms with Crippen molar-refractivity contribution in [3.05, 3.63) is 93.2 Å². The van der Waals surface area contributed by atoms with E-state index in [1.54, 1.807) is 21.5 Å². The number of aromatic nitrogens is 2. The molecule has 2 aromatic carbocycles. The van der Waals surface area contributed by atoms with E-state index in [-0.39, 0.29) is 5.69 Å². The summed E-state index contributed by atoms with van der Waals surface area (Å²) in [5.74, 6) is 0. The standard InChI is InChI=1S/C24H29N3O2/c1-18-3-6-20(7-4-18)14-26-11-12-27(24(26)29)17-23(28)16-25-10-9-21-8-5-19(2)13-22(21)15-25/h3-8,11-13,23,28H,9-10,14-17H2,1-2H3. The van der Waals surface area contributed by atoms with Crippen molar-refractivity contribution in [2.24, 2.45) is 0 Å². The Morgan fingerprint density at radius 1 is 0.931 bits per heavy atom. The fourth-order valence-electron chi connectivity index (χ4n) is 4.09. The van der Waals surface area contributed by atoms with Crippen LogP contribution in [-0.4, -0.2) is 38.3 Å². The number of aliphatic hydroxyl groups excluding tert-OH is 1. The van der Waals surface area contributed by atoms with Gasteiger partial charge in [-0.2, -0.15) is 0 Å². The lowest BCUT2D eigenvalue weighted by Gasteiger charge is -2.30. The number of aliphatic hydroxyl groups is 1. The van der Waals surface area contributed by atoms with Crippen LogP contribution in [0.3, 0.4) is 0 Å². The first-order valence-corrected chi connectivity index (χ1v) is 10.3. The van der Waals surface area contributed by atoms with Crippen LogP contribution in [0.4, 0.5) is 0 Å². The molecule has 3 aromatic rings. The highest BCUT2D eigenvalue weighted by molar-refractivity contribution is 5.33. The number of rotatable bonds is 6. The maximum Gasteiger partial charge on any atom is 0.328 e. The first-order valence-electron chi connectivity index (χ1n) is 10.3. The topological polar surface area (TPSA) is 50.4 Å². The summed E-state index contributed by atoms with van der Waals surface area (Å²) in [7, 11) is 0. The fraction of sp³-hybridized carbons (Fsp3) is 0.375. The number of hydrogen-bond acceptors (Lipinski definition) is 3. The van der Waals surface area contributed by atoms with Crippen LogP contribution in [0.15, 0.2) is 59.7 Å². The molecule has 5 nitrogen and oxygen atoms in total. The minimum Gasteiger partial charge on any atom is -0.390 e. The van der Waals surface area contributed by atoms with Gasteiger partial charge in [-0.15, -0.1) is 0 Å². The van der Waals surface area contributed by atoms with E-state index in [1.807, 2.05) is 12.1 Å². The Bertz CT molecular complexity index is 1030. The Kier molecular flexibility index (Phi) is 5.69. The molecule has 0 amide bonds. The maximum absolute atomic E-state index is 12.7. The zero-order chi connectivity index (χ0) is 20.4. The molecule has 5 heteroatoms. The van der Waals surface area contributed by atoms with Crippen molar-refractivity contribution < 1.29 is 5.11 Å². The zero-order valence-corrected chi connectivity index (χ0v) is 17.2. The summed E-state index contributed by atoms with van der Waals surface area (Å²) in [6, 6.07) is 14.8. The lowest BCUT2D eigenvalue weighted by molar-refractivity contribution is 0.0909. The minimum absolute atomic E-state index is 0.0794. The molecule has 0 aliphatic carbocycles. The van der Waals surface area contributed by atoms with Gasteiger partial charge in [0.2, 0.25) is 0 Å². The number of β-amino-alcohol motifs (C(OH)–C–C–N with tert-alkyl or cyclic N) is 1. The average Bonchev–Trinajstić information content (AvgIpc) is 3.03. The molecule has 152 valence electrons. The number of nitrogens with zero attached hydrogens (tertiary/aromatic N) is 3. The first kappa shape index (κ1) is 19.7. The third kappa shape index (κ3) is 4.69. The molecule has 0 spiro atoms. The molecule has 0 saturated heterocycles. The molecule has 1 unspecified atom stereocenters. The predicted octanol–water partition coefficient (Wildman–Crippen LogP) is 2.73. The van der Waals surface area contributed by atoms with Crippen molar-refractivity contribution >= 4 is 0 Å². The van der Waals surface area contributed by atoms with Crippen LogP contribution in [0.2, 0.25) is 0 Å². The SMILES string of the molecule is Cc1ccc(Cn2ccn(CC(O)CN3CCc4ccc(C)cc4C3)c2=O)cc1. The van der Waals surface area contributed by atoms with Crippen LogP contribution in [0.1, 0.15) is 27.8 Å². The van der Waals surface area contributed by atoms with Gasteiger partial charge in [0.05, 0.1) is 19.2 Å². The maximum atomic E-state index is 12.7. The molecule has 0 saturated carbocycles. The molecule has 0 fully saturated rings. The fourth-order valence-corrected chi connectivity index (χ4v) is 4.09. The number of aryl methyl sites for hydroxylation is 2. The normalized spacial score (nSPS) is 15.3. The van der Waals surface area contributed by atoms with Crippen molar-refractivity contribution in [3.8, 4) is 0 Å². The van der Waals surface area contributed by atoms with Crippen LogP contribution < -0.4 is 5.69 Å². The van der Waals surface area contributed by atoms with E-state index in [1.165, 1.54) is 22.3 Å². The molecule has 1 atom stereocenters. The van der Waals surface area contributed by atoms with E-state index in [4.69, 9.17) is 0 Å². The number of benzene rings is 2. The van der Waals surface area contributed by atoms with Crippen molar-refractivity contribution in [2.45, 2.75) is 46.0 Å². The monoisotopic (exact) mass is 391 g/mol. The van der Waals surface area contributed by atoms with E-state index in [0.29, 0.717) is 19.6 Å². The second kappa shape index (κ2) is 8.39. The highest BCUT2D eigenvalue weighted by Crippen LogP contribution is 2.20. The third-order valence-electron chi connectivity index (χ3n) is 5.72. The predicted molar refractivity (Wildman–Crippen MR) is 115 cm³/mol. The Hall–Kier alpha value is -2.63. The van der Waals surface area contributed by atoms with Crippen LogP contribution in [0.5, 0.6) is 0 Å². The van der Waals surface area contributed by atoms with Gasteiger partial charge >= 0.3 is 5.69 Å². The van der Waals surface area contributed by atoms with Crippen molar-refractivity contribution in [3.63, 3.8) is 0 Å². The van der Waals surface area contributed by atoms with Crippen molar-refractivity contribution in [2.75, 3.05) is 13.1 Å². The van der Waals surface area contributed by atoms with Gasteiger partial charge in [-0.05, 0) is 37.0 Å². The lowest BCUT2D eigenvalue weighted by Crippen LogP contribution is -2.39. The Labute approximate surface area is 171 Å². The summed E-state index contributed by atoms with van der Waals surface area (Å²) in [5, 5.41) is 10.6. The van der Waals surface area contributed by atoms with Crippen molar-refractivity contribution in [1.82, 2.24) is 14.0 Å². The molecule has 1 aliphatic heterocycles. The van der Waals surface area contributed by atoms with Gasteiger partial charge in [-0.25, -0.2) is 4.79 Å². The lowest BCUT2D eigenvalue weighted by atomic mass is 9.97. The van der Waals surface area contributed by atoms with E-state index in [2.05, 4.69) is 49.1 Å². The van der Waals surface area contributed by atoms with Crippen LogP contribution in [0.25, 0.3) is 0 Å². The third-order valence-corrected chi connectivity index (χ3v) is 5.72. The molecule has 1 N–H and O–H groups in total. The minimum atomic E-state index is -0.575. The largest absolute Gasteiger partial charge is 0.390 e. The molecule has 1 aliphatic rings. The first-order chi connectivity index (χ1) is 14.0. The molecule has 4 rings (SSSR count). The summed E-state index contributed by atoms with van der Waals surface area (Å²) in [5.41, 5.74) is 6.25. The Morgan fingerprint density at radius 3 is 2.45 bits per heavy atom. The summed E-state index contributed by atoms with van der Waals surface area (Å²) >= 11 is 0. The van der Waals surface area contributed by atoms with Gasteiger partial charge in [0.25, 0.3) is 0 Å². The number of hydrogen-bond donors (Lipinski definition) is 1. The Balaban J connectivity index is 1.36. The molecular formula is C24H29N3O2. The highest BCUT2D eigenvalue weighted by atomic mass is 16.3. The van der Waals surface area contributed by atoms with Gasteiger partial charge < -0.3 is 5.11 Å². The molecule has 29 heavy (non-hydrogen) atoms. The van der Waals surface area contributed by atoms with E-state index >= 15 is 0 Å². The van der Waals surface area contributed by atoms with Gasteiger partial charge in [0.1, 0.15) is 0 Å². The number of imidazole rings is 1. The van der Waals surface area contributed by atoms with Crippen LogP contribution in [-0.2, 0) is 26.1 Å². The smallest absolute Gasteiger partial charge is 0.328 e. The molecular weight excluding hydrogens is 362 g/mol. The van der Waals surface area contributed by atoms with Gasteiger partial charge in [-0.1, -0.05) is 53.6 Å². The van der Waals surface area contributed by atoms with E-state index < -0.39 is 6.10 Å².